The number of ether oxygens (including phenoxy) is 2. The number of aromatic nitrogens is 1. The van der Waals surface area contributed by atoms with Crippen LogP contribution in [0.25, 0.3) is 0 Å². The van der Waals surface area contributed by atoms with E-state index in [1.54, 1.807) is 12.1 Å². The molecule has 26 heavy (non-hydrogen) atoms. The van der Waals surface area contributed by atoms with Crippen LogP contribution in [0.3, 0.4) is 0 Å². The maximum Gasteiger partial charge on any atom is 0.416 e. The molecule has 1 aromatic heterocycles. The van der Waals surface area contributed by atoms with E-state index < -0.39 is 17.8 Å². The summed E-state index contributed by atoms with van der Waals surface area (Å²) in [7, 11) is 1.44. The molecule has 1 atom stereocenters. The van der Waals surface area contributed by atoms with Crippen molar-refractivity contribution in [2.75, 3.05) is 7.11 Å². The molecule has 1 unspecified atom stereocenters. The molecular formula is C18H19F3N2O3. The van der Waals surface area contributed by atoms with Crippen molar-refractivity contribution in [1.82, 2.24) is 10.3 Å². The summed E-state index contributed by atoms with van der Waals surface area (Å²) in [6, 6.07) is 7.84. The number of benzene rings is 1. The van der Waals surface area contributed by atoms with Gasteiger partial charge in [0, 0.05) is 25.4 Å². The predicted molar refractivity (Wildman–Crippen MR) is 88.7 cm³/mol. The Labute approximate surface area is 149 Å². The van der Waals surface area contributed by atoms with Crippen LogP contribution in [-0.2, 0) is 22.3 Å². The second-order valence-corrected chi connectivity index (χ2v) is 5.45. The highest BCUT2D eigenvalue weighted by Crippen LogP contribution is 2.32. The summed E-state index contributed by atoms with van der Waals surface area (Å²) in [5.74, 6) is -0.157. The number of carbonyl (C=O) groups excluding carboxylic acids is 1. The number of hydrogen-bond acceptors (Lipinski definition) is 4. The Morgan fingerprint density at radius 3 is 2.69 bits per heavy atom. The number of nitrogens with zero attached hydrogens (tertiary/aromatic N) is 1. The van der Waals surface area contributed by atoms with E-state index in [2.05, 4.69) is 10.3 Å². The molecule has 1 N–H and O–H groups in total. The van der Waals surface area contributed by atoms with Gasteiger partial charge in [-0.05, 0) is 30.7 Å². The molecule has 2 rings (SSSR count). The van der Waals surface area contributed by atoms with E-state index in [0.29, 0.717) is 12.0 Å². The van der Waals surface area contributed by atoms with E-state index in [0.717, 1.165) is 12.1 Å². The largest absolute Gasteiger partial charge is 0.439 e. The first-order chi connectivity index (χ1) is 12.3. The molecule has 140 valence electrons. The zero-order valence-electron chi connectivity index (χ0n) is 14.3. The van der Waals surface area contributed by atoms with Gasteiger partial charge in [-0.1, -0.05) is 19.1 Å². The van der Waals surface area contributed by atoms with Crippen molar-refractivity contribution in [2.45, 2.75) is 32.2 Å². The second kappa shape index (κ2) is 8.66. The van der Waals surface area contributed by atoms with Gasteiger partial charge in [0.1, 0.15) is 11.9 Å². The molecule has 1 heterocycles. The molecule has 1 aromatic carbocycles. The molecule has 0 spiro atoms. The highest BCUT2D eigenvalue weighted by Gasteiger charge is 2.30. The van der Waals surface area contributed by atoms with Crippen LogP contribution in [0.15, 0.2) is 42.6 Å². The lowest BCUT2D eigenvalue weighted by Crippen LogP contribution is -2.35. The van der Waals surface area contributed by atoms with Crippen LogP contribution in [0.2, 0.25) is 0 Å². The first-order valence-corrected chi connectivity index (χ1v) is 7.94. The number of amides is 1. The lowest BCUT2D eigenvalue weighted by molar-refractivity contribution is -0.137. The lowest BCUT2D eigenvalue weighted by Gasteiger charge is -2.15. The summed E-state index contributed by atoms with van der Waals surface area (Å²) >= 11 is 0. The summed E-state index contributed by atoms with van der Waals surface area (Å²) in [6.07, 6.45) is -3.06. The van der Waals surface area contributed by atoms with Crippen LogP contribution in [0.5, 0.6) is 11.6 Å². The SMILES string of the molecule is CCC(OC)C(=O)NCc1cccnc1Oc1cccc(C(F)(F)F)c1. The Morgan fingerprint density at radius 1 is 1.27 bits per heavy atom. The van der Waals surface area contributed by atoms with Gasteiger partial charge in [-0.2, -0.15) is 13.2 Å². The molecule has 0 aliphatic carbocycles. The Balaban J connectivity index is 2.13. The molecule has 0 fully saturated rings. The molecular weight excluding hydrogens is 349 g/mol. The van der Waals surface area contributed by atoms with Crippen LogP contribution < -0.4 is 10.1 Å². The molecule has 0 aliphatic heterocycles. The normalized spacial score (nSPS) is 12.5. The molecule has 0 saturated carbocycles. The summed E-state index contributed by atoms with van der Waals surface area (Å²) in [5, 5.41) is 2.70. The zero-order valence-corrected chi connectivity index (χ0v) is 14.3. The van der Waals surface area contributed by atoms with E-state index in [1.807, 2.05) is 6.92 Å². The number of pyridine rings is 1. The van der Waals surface area contributed by atoms with Crippen LogP contribution in [0.4, 0.5) is 13.2 Å². The monoisotopic (exact) mass is 368 g/mol. The van der Waals surface area contributed by atoms with Crippen molar-refractivity contribution in [1.29, 1.82) is 0 Å². The fourth-order valence-corrected chi connectivity index (χ4v) is 2.25. The molecule has 5 nitrogen and oxygen atoms in total. The quantitative estimate of drug-likeness (QED) is 0.804. The van der Waals surface area contributed by atoms with E-state index in [4.69, 9.17) is 9.47 Å². The van der Waals surface area contributed by atoms with Crippen molar-refractivity contribution in [2.24, 2.45) is 0 Å². The second-order valence-electron chi connectivity index (χ2n) is 5.45. The maximum atomic E-state index is 12.8. The number of hydrogen-bond donors (Lipinski definition) is 1. The van der Waals surface area contributed by atoms with Gasteiger partial charge >= 0.3 is 6.18 Å². The topological polar surface area (TPSA) is 60.5 Å². The van der Waals surface area contributed by atoms with Crippen molar-refractivity contribution >= 4 is 5.91 Å². The molecule has 0 saturated heterocycles. The Hall–Kier alpha value is -2.61. The third-order valence-corrected chi connectivity index (χ3v) is 3.63. The third kappa shape index (κ3) is 5.19. The molecule has 0 bridgehead atoms. The summed E-state index contributed by atoms with van der Waals surface area (Å²) < 4.78 is 49.0. The fourth-order valence-electron chi connectivity index (χ4n) is 2.25. The van der Waals surface area contributed by atoms with Gasteiger partial charge in [0.05, 0.1) is 5.56 Å². The van der Waals surface area contributed by atoms with Crippen LogP contribution in [0.1, 0.15) is 24.5 Å². The van der Waals surface area contributed by atoms with E-state index >= 15 is 0 Å². The Bertz CT molecular complexity index is 746. The Morgan fingerprint density at radius 2 is 2.04 bits per heavy atom. The van der Waals surface area contributed by atoms with Gasteiger partial charge < -0.3 is 14.8 Å². The molecule has 0 aliphatic rings. The molecule has 0 radical (unpaired) electrons. The minimum Gasteiger partial charge on any atom is -0.439 e. The van der Waals surface area contributed by atoms with E-state index in [1.165, 1.54) is 25.4 Å². The number of methoxy groups -OCH3 is 1. The third-order valence-electron chi connectivity index (χ3n) is 3.63. The van der Waals surface area contributed by atoms with Gasteiger partial charge in [0.15, 0.2) is 0 Å². The lowest BCUT2D eigenvalue weighted by atomic mass is 10.2. The summed E-state index contributed by atoms with van der Waals surface area (Å²) in [6.45, 7) is 1.93. The fraction of sp³-hybridized carbons (Fsp3) is 0.333. The average molecular weight is 368 g/mol. The van der Waals surface area contributed by atoms with Crippen LogP contribution in [0, 0.1) is 0 Å². The van der Waals surface area contributed by atoms with Crippen molar-refractivity contribution < 1.29 is 27.4 Å². The highest BCUT2D eigenvalue weighted by molar-refractivity contribution is 5.80. The van der Waals surface area contributed by atoms with Crippen LogP contribution >= 0.6 is 0 Å². The van der Waals surface area contributed by atoms with E-state index in [9.17, 15) is 18.0 Å². The number of halogens is 3. The van der Waals surface area contributed by atoms with Crippen LogP contribution in [-0.4, -0.2) is 24.1 Å². The number of carbonyl (C=O) groups is 1. The first kappa shape index (κ1) is 19.7. The average Bonchev–Trinajstić information content (AvgIpc) is 2.61. The van der Waals surface area contributed by atoms with Gasteiger partial charge in [0.25, 0.3) is 0 Å². The van der Waals surface area contributed by atoms with Gasteiger partial charge in [-0.15, -0.1) is 0 Å². The zero-order chi connectivity index (χ0) is 19.2. The van der Waals surface area contributed by atoms with Gasteiger partial charge in [0.2, 0.25) is 11.8 Å². The maximum absolute atomic E-state index is 12.8. The smallest absolute Gasteiger partial charge is 0.416 e. The molecule has 8 heteroatoms. The minimum absolute atomic E-state index is 0.00873. The molecule has 2 aromatic rings. The highest BCUT2D eigenvalue weighted by atomic mass is 19.4. The number of alkyl halides is 3. The number of rotatable bonds is 7. The summed E-state index contributed by atoms with van der Waals surface area (Å²) in [4.78, 5) is 16.0. The standard InChI is InChI=1S/C18H19F3N2O3/c1-3-15(25-2)16(24)23-11-12-6-5-9-22-17(12)26-14-8-4-7-13(10-14)18(19,20)21/h4-10,15H,3,11H2,1-2H3,(H,23,24). The number of nitrogens with one attached hydrogen (secondary N) is 1. The first-order valence-electron chi connectivity index (χ1n) is 7.94. The minimum atomic E-state index is -4.46. The predicted octanol–water partition coefficient (Wildman–Crippen LogP) is 3.93. The Kier molecular flexibility index (Phi) is 6.57. The molecule has 1 amide bonds. The summed E-state index contributed by atoms with van der Waals surface area (Å²) in [5.41, 5.74) is -0.282. The van der Waals surface area contributed by atoms with E-state index in [-0.39, 0.29) is 24.1 Å². The van der Waals surface area contributed by atoms with Crippen molar-refractivity contribution in [3.8, 4) is 11.6 Å². The van der Waals surface area contributed by atoms with Gasteiger partial charge in [-0.25, -0.2) is 4.98 Å². The van der Waals surface area contributed by atoms with Crippen molar-refractivity contribution in [3.05, 3.63) is 53.7 Å². The van der Waals surface area contributed by atoms with Gasteiger partial charge in [-0.3, -0.25) is 4.79 Å². The van der Waals surface area contributed by atoms with Crippen molar-refractivity contribution in [3.63, 3.8) is 0 Å².